The van der Waals surface area contributed by atoms with Crippen LogP contribution < -0.4 is 20.5 Å². The van der Waals surface area contributed by atoms with Gasteiger partial charge in [0.05, 0.1) is 14.2 Å². The van der Waals surface area contributed by atoms with Gasteiger partial charge in [0.15, 0.2) is 6.10 Å². The first-order valence-electron chi connectivity index (χ1n) is 9.36. The molecule has 0 aliphatic heterocycles. The van der Waals surface area contributed by atoms with E-state index < -0.39 is 6.10 Å². The van der Waals surface area contributed by atoms with Crippen LogP contribution in [0.4, 0.5) is 0 Å². The van der Waals surface area contributed by atoms with Crippen molar-refractivity contribution in [1.29, 1.82) is 0 Å². The molecule has 1 amide bonds. The van der Waals surface area contributed by atoms with Crippen molar-refractivity contribution >= 4 is 5.91 Å². The van der Waals surface area contributed by atoms with Gasteiger partial charge in [-0.3, -0.25) is 4.79 Å². The number of nitrogens with two attached hydrogens (primary N) is 1. The van der Waals surface area contributed by atoms with Crippen molar-refractivity contribution < 1.29 is 19.0 Å². The molecule has 0 aromatic heterocycles. The largest absolute Gasteiger partial charge is 0.497 e. The molecule has 0 bridgehead atoms. The number of carbonyl (C=O) groups is 1. The summed E-state index contributed by atoms with van der Waals surface area (Å²) >= 11 is 0. The number of rotatable bonds is 9. The zero-order valence-corrected chi connectivity index (χ0v) is 16.1. The topological polar surface area (TPSA) is 82.8 Å². The van der Waals surface area contributed by atoms with E-state index in [0.29, 0.717) is 24.0 Å². The predicted molar refractivity (Wildman–Crippen MR) is 101 cm³/mol. The molecule has 0 saturated heterocycles. The van der Waals surface area contributed by atoms with E-state index >= 15 is 0 Å². The Morgan fingerprint density at radius 1 is 1.19 bits per heavy atom. The fourth-order valence-corrected chi connectivity index (χ4v) is 3.71. The fourth-order valence-electron chi connectivity index (χ4n) is 3.71. The molecular weight excluding hydrogens is 332 g/mol. The summed E-state index contributed by atoms with van der Waals surface area (Å²) in [7, 11) is 4.75. The van der Waals surface area contributed by atoms with E-state index in [2.05, 4.69) is 5.32 Å². The Morgan fingerprint density at radius 3 is 2.54 bits per heavy atom. The van der Waals surface area contributed by atoms with E-state index in [4.69, 9.17) is 19.9 Å². The third kappa shape index (κ3) is 5.61. The van der Waals surface area contributed by atoms with E-state index in [-0.39, 0.29) is 11.9 Å². The van der Waals surface area contributed by atoms with Crippen LogP contribution >= 0.6 is 0 Å². The first kappa shape index (κ1) is 20.5. The number of hydrogen-bond acceptors (Lipinski definition) is 5. The van der Waals surface area contributed by atoms with Crippen LogP contribution in [0.1, 0.15) is 44.1 Å². The van der Waals surface area contributed by atoms with Crippen LogP contribution in [0.3, 0.4) is 0 Å². The van der Waals surface area contributed by atoms with E-state index in [0.717, 1.165) is 12.0 Å². The average molecular weight is 364 g/mol. The Hall–Kier alpha value is -1.79. The van der Waals surface area contributed by atoms with Gasteiger partial charge in [0.2, 0.25) is 0 Å². The molecule has 146 valence electrons. The van der Waals surface area contributed by atoms with Gasteiger partial charge in [0, 0.05) is 25.3 Å². The number of nitrogens with one attached hydrogen (secondary N) is 1. The number of methoxy groups -OCH3 is 3. The molecule has 0 radical (unpaired) electrons. The van der Waals surface area contributed by atoms with Crippen molar-refractivity contribution in [3.8, 4) is 11.5 Å². The van der Waals surface area contributed by atoms with E-state index in [1.807, 2.05) is 18.2 Å². The van der Waals surface area contributed by atoms with Gasteiger partial charge in [-0.2, -0.15) is 0 Å². The first-order valence-corrected chi connectivity index (χ1v) is 9.36. The molecule has 1 aliphatic rings. The molecule has 0 heterocycles. The number of amides is 1. The van der Waals surface area contributed by atoms with Crippen molar-refractivity contribution in [3.05, 3.63) is 23.8 Å². The smallest absolute Gasteiger partial charge is 0.251 e. The van der Waals surface area contributed by atoms with Gasteiger partial charge in [0.25, 0.3) is 5.91 Å². The van der Waals surface area contributed by atoms with Gasteiger partial charge in [-0.15, -0.1) is 0 Å². The molecule has 2 rings (SSSR count). The minimum absolute atomic E-state index is 0.194. The zero-order chi connectivity index (χ0) is 18.9. The molecule has 6 heteroatoms. The monoisotopic (exact) mass is 364 g/mol. The summed E-state index contributed by atoms with van der Waals surface area (Å²) in [6.07, 6.45) is 6.41. The molecule has 1 aromatic rings. The van der Waals surface area contributed by atoms with Gasteiger partial charge in [0.1, 0.15) is 11.5 Å². The van der Waals surface area contributed by atoms with Crippen LogP contribution in [-0.4, -0.2) is 39.4 Å². The summed E-state index contributed by atoms with van der Waals surface area (Å²) in [4.78, 5) is 12.6. The van der Waals surface area contributed by atoms with Crippen LogP contribution in [-0.2, 0) is 16.1 Å². The minimum Gasteiger partial charge on any atom is -0.497 e. The maximum atomic E-state index is 12.6. The summed E-state index contributed by atoms with van der Waals surface area (Å²) in [5, 5.41) is 2.91. The van der Waals surface area contributed by atoms with Crippen molar-refractivity contribution in [1.82, 2.24) is 5.32 Å². The van der Waals surface area contributed by atoms with Crippen molar-refractivity contribution in [2.24, 2.45) is 11.7 Å². The van der Waals surface area contributed by atoms with Crippen molar-refractivity contribution in [2.75, 3.05) is 21.3 Å². The molecule has 1 saturated carbocycles. The Bertz CT molecular complexity index is 573. The number of ether oxygens (including phenoxy) is 3. The highest BCUT2D eigenvalue weighted by Gasteiger charge is 2.28. The van der Waals surface area contributed by atoms with Gasteiger partial charge >= 0.3 is 0 Å². The first-order chi connectivity index (χ1) is 12.6. The van der Waals surface area contributed by atoms with Crippen LogP contribution in [0.25, 0.3) is 0 Å². The van der Waals surface area contributed by atoms with Crippen LogP contribution in [0, 0.1) is 5.92 Å². The lowest BCUT2D eigenvalue weighted by Gasteiger charge is -2.28. The summed E-state index contributed by atoms with van der Waals surface area (Å²) in [5.41, 5.74) is 7.14. The molecule has 2 atom stereocenters. The molecule has 1 fully saturated rings. The number of benzene rings is 1. The van der Waals surface area contributed by atoms with Gasteiger partial charge in [-0.05, 0) is 30.5 Å². The van der Waals surface area contributed by atoms with E-state index in [1.165, 1.54) is 39.2 Å². The Balaban J connectivity index is 1.93. The quantitative estimate of drug-likeness (QED) is 0.704. The van der Waals surface area contributed by atoms with E-state index in [1.54, 1.807) is 14.2 Å². The summed E-state index contributed by atoms with van der Waals surface area (Å²) in [5.74, 6) is 1.82. The molecule has 1 aliphatic carbocycles. The second-order valence-corrected chi connectivity index (χ2v) is 6.96. The van der Waals surface area contributed by atoms with Gasteiger partial charge in [-0.1, -0.05) is 32.1 Å². The highest BCUT2D eigenvalue weighted by molar-refractivity contribution is 5.81. The van der Waals surface area contributed by atoms with Gasteiger partial charge < -0.3 is 25.3 Å². The average Bonchev–Trinajstić information content (AvgIpc) is 2.67. The third-order valence-corrected chi connectivity index (χ3v) is 5.17. The highest BCUT2D eigenvalue weighted by atomic mass is 16.5. The Kier molecular flexibility index (Phi) is 8.19. The van der Waals surface area contributed by atoms with Gasteiger partial charge in [-0.25, -0.2) is 0 Å². The summed E-state index contributed by atoms with van der Waals surface area (Å²) < 4.78 is 16.0. The lowest BCUT2D eigenvalue weighted by Crippen LogP contribution is -2.48. The molecule has 26 heavy (non-hydrogen) atoms. The number of carbonyl (C=O) groups excluding carboxylic acids is 1. The molecule has 0 spiro atoms. The third-order valence-electron chi connectivity index (χ3n) is 5.17. The predicted octanol–water partition coefficient (Wildman–Crippen LogP) is 2.63. The molecule has 1 aromatic carbocycles. The lowest BCUT2D eigenvalue weighted by atomic mass is 9.84. The van der Waals surface area contributed by atoms with Crippen molar-refractivity contribution in [3.63, 3.8) is 0 Å². The van der Waals surface area contributed by atoms with Crippen LogP contribution in [0.5, 0.6) is 11.5 Å². The Morgan fingerprint density at radius 2 is 1.92 bits per heavy atom. The van der Waals surface area contributed by atoms with Crippen LogP contribution in [0.2, 0.25) is 0 Å². The standard InChI is InChI=1S/C20H32N2O4/c1-24-16-9-10-18(25-2)15(12-16)13-22-20(23)19(26-3)17(21)11-14-7-5-4-6-8-14/h9-10,12,14,17,19H,4-8,11,13,21H2,1-3H3,(H,22,23). The summed E-state index contributed by atoms with van der Waals surface area (Å²) in [6, 6.07) is 5.20. The SMILES string of the molecule is COc1ccc(OC)c(CNC(=O)C(OC)C(N)CC2CCCCC2)c1. The fraction of sp³-hybridized carbons (Fsp3) is 0.650. The lowest BCUT2D eigenvalue weighted by molar-refractivity contribution is -0.132. The maximum Gasteiger partial charge on any atom is 0.251 e. The van der Waals surface area contributed by atoms with Crippen LogP contribution in [0.15, 0.2) is 18.2 Å². The second kappa shape index (κ2) is 10.4. The summed E-state index contributed by atoms with van der Waals surface area (Å²) in [6.45, 7) is 0.329. The molecule has 6 nitrogen and oxygen atoms in total. The maximum absolute atomic E-state index is 12.6. The second-order valence-electron chi connectivity index (χ2n) is 6.96. The molecular formula is C20H32N2O4. The molecule has 2 unspecified atom stereocenters. The van der Waals surface area contributed by atoms with E-state index in [9.17, 15) is 4.79 Å². The minimum atomic E-state index is -0.645. The highest BCUT2D eigenvalue weighted by Crippen LogP contribution is 2.28. The number of hydrogen-bond donors (Lipinski definition) is 2. The van der Waals surface area contributed by atoms with Crippen molar-refractivity contribution in [2.45, 2.75) is 57.2 Å². The normalized spacial score (nSPS) is 17.4. The molecule has 3 N–H and O–H groups in total. The Labute approximate surface area is 156 Å². The zero-order valence-electron chi connectivity index (χ0n) is 16.1.